The van der Waals surface area contributed by atoms with Crippen LogP contribution in [0.5, 0.6) is 0 Å². The quantitative estimate of drug-likeness (QED) is 0.666. The fourth-order valence-corrected chi connectivity index (χ4v) is 0.933. The maximum atomic E-state index is 11.2. The van der Waals surface area contributed by atoms with Crippen LogP contribution in [0.1, 0.15) is 19.0 Å². The molecule has 0 radical (unpaired) electrons. The Morgan fingerprint density at radius 2 is 2.50 bits per heavy atom. The average Bonchev–Trinajstić information content (AvgIpc) is 2.62. The predicted molar refractivity (Wildman–Crippen MR) is 51.0 cm³/mol. The molecular weight excluding hydrogens is 180 g/mol. The lowest BCUT2D eigenvalue weighted by Gasteiger charge is -1.94. The van der Waals surface area contributed by atoms with Gasteiger partial charge in [-0.3, -0.25) is 4.79 Å². The second-order valence-corrected chi connectivity index (χ2v) is 2.75. The first-order valence-electron chi connectivity index (χ1n) is 4.26. The average molecular weight is 192 g/mol. The molecule has 1 aromatic heterocycles. The van der Waals surface area contributed by atoms with E-state index < -0.39 is 0 Å². The van der Waals surface area contributed by atoms with Crippen molar-refractivity contribution >= 4 is 5.78 Å². The Kier molecular flexibility index (Phi) is 3.83. The van der Waals surface area contributed by atoms with Crippen molar-refractivity contribution in [2.75, 3.05) is 0 Å². The Morgan fingerprint density at radius 1 is 1.71 bits per heavy atom. The summed E-state index contributed by atoms with van der Waals surface area (Å²) in [5.41, 5.74) is 6.03. The van der Waals surface area contributed by atoms with Crippen LogP contribution in [0, 0.1) is 11.8 Å². The van der Waals surface area contributed by atoms with Crippen molar-refractivity contribution in [2.24, 2.45) is 5.73 Å². The van der Waals surface area contributed by atoms with Gasteiger partial charge in [0.1, 0.15) is 6.54 Å². The van der Waals surface area contributed by atoms with Gasteiger partial charge < -0.3 is 5.73 Å². The minimum Gasteiger partial charge on any atom is -0.325 e. The maximum Gasteiger partial charge on any atom is 0.166 e. The number of hydrogen-bond acceptors (Lipinski definition) is 4. The van der Waals surface area contributed by atoms with Crippen LogP contribution in [0.4, 0.5) is 0 Å². The summed E-state index contributed by atoms with van der Waals surface area (Å²) in [5, 5.41) is 7.52. The van der Waals surface area contributed by atoms with Crippen LogP contribution < -0.4 is 5.73 Å². The molecule has 0 aliphatic heterocycles. The molecule has 0 aliphatic carbocycles. The number of carbonyl (C=O) groups excluding carboxylic acids is 1. The number of carbonyl (C=O) groups is 1. The van der Waals surface area contributed by atoms with Gasteiger partial charge >= 0.3 is 0 Å². The first kappa shape index (κ1) is 10.4. The highest BCUT2D eigenvalue weighted by molar-refractivity contribution is 5.80. The molecule has 74 valence electrons. The fraction of sp³-hybridized carbons (Fsp3) is 0.444. The second-order valence-electron chi connectivity index (χ2n) is 2.75. The third-order valence-electron chi connectivity index (χ3n) is 1.60. The van der Waals surface area contributed by atoms with Gasteiger partial charge in [0, 0.05) is 6.54 Å². The summed E-state index contributed by atoms with van der Waals surface area (Å²) in [5.74, 6) is 5.39. The van der Waals surface area contributed by atoms with Crippen LogP contribution in [-0.2, 0) is 17.9 Å². The highest BCUT2D eigenvalue weighted by atomic mass is 16.1. The highest BCUT2D eigenvalue weighted by Gasteiger charge is 2.03. The second kappa shape index (κ2) is 5.14. The zero-order valence-electron chi connectivity index (χ0n) is 8.03. The third-order valence-corrected chi connectivity index (χ3v) is 1.60. The SMILES string of the molecule is CC#CCC(=O)Cn1cc(CN)nn1. The molecule has 0 saturated heterocycles. The van der Waals surface area contributed by atoms with E-state index in [9.17, 15) is 4.79 Å². The molecule has 14 heavy (non-hydrogen) atoms. The van der Waals surface area contributed by atoms with Crippen molar-refractivity contribution in [3.8, 4) is 11.8 Å². The number of rotatable bonds is 4. The molecule has 0 fully saturated rings. The van der Waals surface area contributed by atoms with Crippen molar-refractivity contribution in [3.63, 3.8) is 0 Å². The summed E-state index contributed by atoms with van der Waals surface area (Å²) in [7, 11) is 0. The molecule has 0 atom stereocenters. The number of hydrogen-bond donors (Lipinski definition) is 1. The first-order chi connectivity index (χ1) is 6.76. The summed E-state index contributed by atoms with van der Waals surface area (Å²) in [6, 6.07) is 0. The molecule has 1 aromatic rings. The number of aromatic nitrogens is 3. The van der Waals surface area contributed by atoms with Gasteiger partial charge in [-0.15, -0.1) is 11.0 Å². The fourth-order valence-electron chi connectivity index (χ4n) is 0.933. The van der Waals surface area contributed by atoms with Gasteiger partial charge in [-0.05, 0) is 6.92 Å². The molecule has 1 heterocycles. The van der Waals surface area contributed by atoms with Crippen molar-refractivity contribution in [1.29, 1.82) is 0 Å². The van der Waals surface area contributed by atoms with E-state index >= 15 is 0 Å². The third kappa shape index (κ3) is 2.99. The molecule has 0 bridgehead atoms. The zero-order chi connectivity index (χ0) is 10.4. The van der Waals surface area contributed by atoms with Crippen molar-refractivity contribution in [2.45, 2.75) is 26.4 Å². The number of nitrogens with zero attached hydrogens (tertiary/aromatic N) is 3. The summed E-state index contributed by atoms with van der Waals surface area (Å²) in [6.07, 6.45) is 1.92. The van der Waals surface area contributed by atoms with Gasteiger partial charge in [-0.2, -0.15) is 0 Å². The van der Waals surface area contributed by atoms with Crippen LogP contribution in [0.3, 0.4) is 0 Å². The Hall–Kier alpha value is -1.67. The smallest absolute Gasteiger partial charge is 0.166 e. The first-order valence-corrected chi connectivity index (χ1v) is 4.26. The van der Waals surface area contributed by atoms with Gasteiger partial charge in [-0.25, -0.2) is 4.68 Å². The van der Waals surface area contributed by atoms with E-state index in [0.717, 1.165) is 0 Å². The van der Waals surface area contributed by atoms with E-state index in [2.05, 4.69) is 22.2 Å². The molecule has 1 rings (SSSR count). The van der Waals surface area contributed by atoms with Crippen molar-refractivity contribution < 1.29 is 4.79 Å². The highest BCUT2D eigenvalue weighted by Crippen LogP contribution is 1.92. The lowest BCUT2D eigenvalue weighted by Crippen LogP contribution is -2.09. The Bertz CT molecular complexity index is 372. The van der Waals surface area contributed by atoms with Crippen LogP contribution >= 0.6 is 0 Å². The minimum absolute atomic E-state index is 0.0211. The van der Waals surface area contributed by atoms with E-state index in [-0.39, 0.29) is 18.7 Å². The standard InChI is InChI=1S/C9H12N4O/c1-2-3-4-9(14)7-13-6-8(5-10)11-12-13/h6H,4-5,7,10H2,1H3. The zero-order valence-corrected chi connectivity index (χ0v) is 8.03. The van der Waals surface area contributed by atoms with E-state index in [1.54, 1.807) is 13.1 Å². The topological polar surface area (TPSA) is 73.8 Å². The number of Topliss-reactive ketones (excluding diaryl/α,β-unsaturated/α-hetero) is 1. The molecule has 0 aliphatic rings. The van der Waals surface area contributed by atoms with Gasteiger partial charge in [-0.1, -0.05) is 11.1 Å². The molecule has 0 unspecified atom stereocenters. The Labute approximate surface area is 82.3 Å². The van der Waals surface area contributed by atoms with Crippen LogP contribution in [-0.4, -0.2) is 20.8 Å². The van der Waals surface area contributed by atoms with E-state index in [1.165, 1.54) is 4.68 Å². The summed E-state index contributed by atoms with van der Waals surface area (Å²) < 4.78 is 1.47. The van der Waals surface area contributed by atoms with E-state index in [4.69, 9.17) is 5.73 Å². The molecule has 0 saturated carbocycles. The van der Waals surface area contributed by atoms with Crippen LogP contribution in [0.25, 0.3) is 0 Å². The monoisotopic (exact) mass is 192 g/mol. The van der Waals surface area contributed by atoms with Crippen LogP contribution in [0.15, 0.2) is 6.20 Å². The molecule has 5 nitrogen and oxygen atoms in total. The lowest BCUT2D eigenvalue weighted by atomic mass is 10.3. The van der Waals surface area contributed by atoms with Gasteiger partial charge in [0.2, 0.25) is 0 Å². The largest absolute Gasteiger partial charge is 0.325 e. The van der Waals surface area contributed by atoms with Gasteiger partial charge in [0.15, 0.2) is 5.78 Å². The normalized spacial score (nSPS) is 9.29. The molecule has 0 aromatic carbocycles. The maximum absolute atomic E-state index is 11.2. The predicted octanol–water partition coefficient (Wildman–Crippen LogP) is -0.281. The molecular formula is C9H12N4O. The Morgan fingerprint density at radius 3 is 3.07 bits per heavy atom. The molecule has 2 N–H and O–H groups in total. The molecule has 5 heteroatoms. The minimum atomic E-state index is 0.0211. The van der Waals surface area contributed by atoms with E-state index in [1.807, 2.05) is 0 Å². The lowest BCUT2D eigenvalue weighted by molar-refractivity contribution is -0.118. The van der Waals surface area contributed by atoms with Crippen molar-refractivity contribution in [1.82, 2.24) is 15.0 Å². The van der Waals surface area contributed by atoms with Gasteiger partial charge in [0.05, 0.1) is 18.3 Å². The number of nitrogens with two attached hydrogens (primary N) is 1. The number of ketones is 1. The molecule has 0 amide bonds. The summed E-state index contributed by atoms with van der Waals surface area (Å²) in [6.45, 7) is 2.25. The molecule has 0 spiro atoms. The summed E-state index contributed by atoms with van der Waals surface area (Å²) in [4.78, 5) is 11.2. The Balaban J connectivity index is 2.50. The van der Waals surface area contributed by atoms with E-state index in [0.29, 0.717) is 12.2 Å². The van der Waals surface area contributed by atoms with Crippen molar-refractivity contribution in [3.05, 3.63) is 11.9 Å². The summed E-state index contributed by atoms with van der Waals surface area (Å²) >= 11 is 0. The van der Waals surface area contributed by atoms with Crippen LogP contribution in [0.2, 0.25) is 0 Å². The van der Waals surface area contributed by atoms with Gasteiger partial charge in [0.25, 0.3) is 0 Å².